The van der Waals surface area contributed by atoms with Crippen molar-refractivity contribution in [2.45, 2.75) is 5.75 Å². The number of hydrogen-bond acceptors (Lipinski definition) is 3. The number of sulfone groups is 1. The molecular formula is C15H12Cl2FNO3S. The first-order valence-corrected chi connectivity index (χ1v) is 9.03. The number of carbonyl (C=O) groups excluding carboxylic acids is 1. The molecule has 2 aromatic carbocycles. The molecule has 0 atom stereocenters. The van der Waals surface area contributed by atoms with Crippen molar-refractivity contribution in [1.29, 1.82) is 0 Å². The Morgan fingerprint density at radius 2 is 1.61 bits per heavy atom. The molecule has 0 aliphatic carbocycles. The maximum Gasteiger partial charge on any atom is 0.239 e. The molecule has 0 radical (unpaired) electrons. The molecule has 0 bridgehead atoms. The Labute approximate surface area is 143 Å². The molecule has 8 heteroatoms. The van der Waals surface area contributed by atoms with E-state index in [2.05, 4.69) is 5.32 Å². The number of benzene rings is 2. The van der Waals surface area contributed by atoms with E-state index >= 15 is 0 Å². The van der Waals surface area contributed by atoms with Gasteiger partial charge in [0.2, 0.25) is 5.91 Å². The largest absolute Gasteiger partial charge is 0.325 e. The molecule has 0 aliphatic heterocycles. The molecule has 0 aliphatic rings. The SMILES string of the molecule is O=C(CS(=O)(=O)Cc1c(Cl)cccc1Cl)Nc1ccc(F)cc1. The summed E-state index contributed by atoms with van der Waals surface area (Å²) >= 11 is 11.9. The monoisotopic (exact) mass is 375 g/mol. The van der Waals surface area contributed by atoms with Crippen molar-refractivity contribution in [2.75, 3.05) is 11.1 Å². The topological polar surface area (TPSA) is 63.2 Å². The molecule has 0 fully saturated rings. The third-order valence-corrected chi connectivity index (χ3v) is 5.04. The quantitative estimate of drug-likeness (QED) is 0.866. The van der Waals surface area contributed by atoms with Gasteiger partial charge in [0.05, 0.1) is 5.75 Å². The molecule has 0 aromatic heterocycles. The van der Waals surface area contributed by atoms with Gasteiger partial charge in [0, 0.05) is 21.3 Å². The lowest BCUT2D eigenvalue weighted by molar-refractivity contribution is -0.113. The molecule has 4 nitrogen and oxygen atoms in total. The van der Waals surface area contributed by atoms with Crippen molar-refractivity contribution in [3.63, 3.8) is 0 Å². The van der Waals surface area contributed by atoms with Crippen LogP contribution in [-0.2, 0) is 20.4 Å². The van der Waals surface area contributed by atoms with Gasteiger partial charge in [0.1, 0.15) is 11.6 Å². The normalized spacial score (nSPS) is 11.3. The second kappa shape index (κ2) is 7.29. The number of nitrogens with one attached hydrogen (secondary N) is 1. The maximum atomic E-state index is 12.8. The highest BCUT2D eigenvalue weighted by atomic mass is 35.5. The van der Waals surface area contributed by atoms with Crippen LogP contribution in [-0.4, -0.2) is 20.1 Å². The fourth-order valence-electron chi connectivity index (χ4n) is 1.87. The van der Waals surface area contributed by atoms with E-state index in [4.69, 9.17) is 23.2 Å². The van der Waals surface area contributed by atoms with E-state index in [9.17, 15) is 17.6 Å². The summed E-state index contributed by atoms with van der Waals surface area (Å²) < 4.78 is 37.0. The smallest absolute Gasteiger partial charge is 0.239 e. The van der Waals surface area contributed by atoms with Gasteiger partial charge in [0.15, 0.2) is 9.84 Å². The van der Waals surface area contributed by atoms with E-state index in [0.717, 1.165) is 12.1 Å². The van der Waals surface area contributed by atoms with Gasteiger partial charge in [-0.15, -0.1) is 0 Å². The first-order chi connectivity index (χ1) is 10.8. The third kappa shape index (κ3) is 5.20. The van der Waals surface area contributed by atoms with Crippen LogP contribution < -0.4 is 5.32 Å². The van der Waals surface area contributed by atoms with Crippen molar-refractivity contribution in [1.82, 2.24) is 0 Å². The van der Waals surface area contributed by atoms with Crippen LogP contribution in [0.4, 0.5) is 10.1 Å². The lowest BCUT2D eigenvalue weighted by Gasteiger charge is -2.09. The molecule has 2 aromatic rings. The molecule has 122 valence electrons. The Kier molecular flexibility index (Phi) is 5.62. The Morgan fingerprint density at radius 3 is 2.17 bits per heavy atom. The molecule has 23 heavy (non-hydrogen) atoms. The van der Waals surface area contributed by atoms with E-state index in [1.807, 2.05) is 0 Å². The molecule has 2 rings (SSSR count). The van der Waals surface area contributed by atoms with Crippen LogP contribution in [0, 0.1) is 5.82 Å². The average molecular weight is 376 g/mol. The predicted molar refractivity (Wildman–Crippen MR) is 89.0 cm³/mol. The van der Waals surface area contributed by atoms with Gasteiger partial charge in [-0.3, -0.25) is 4.79 Å². The van der Waals surface area contributed by atoms with E-state index in [1.165, 1.54) is 24.3 Å². The van der Waals surface area contributed by atoms with Crippen LogP contribution in [0.25, 0.3) is 0 Å². The van der Waals surface area contributed by atoms with Crippen LogP contribution in [0.15, 0.2) is 42.5 Å². The number of hydrogen-bond donors (Lipinski definition) is 1. The summed E-state index contributed by atoms with van der Waals surface area (Å²) in [6.45, 7) is 0. The highest BCUT2D eigenvalue weighted by Crippen LogP contribution is 2.26. The van der Waals surface area contributed by atoms with Gasteiger partial charge in [-0.25, -0.2) is 12.8 Å². The molecule has 0 heterocycles. The van der Waals surface area contributed by atoms with E-state index in [1.54, 1.807) is 6.07 Å². The number of carbonyl (C=O) groups is 1. The highest BCUT2D eigenvalue weighted by Gasteiger charge is 2.20. The minimum Gasteiger partial charge on any atom is -0.325 e. The van der Waals surface area contributed by atoms with Crippen LogP contribution in [0.3, 0.4) is 0 Å². The number of amides is 1. The van der Waals surface area contributed by atoms with Gasteiger partial charge >= 0.3 is 0 Å². The van der Waals surface area contributed by atoms with E-state index < -0.39 is 33.1 Å². The maximum absolute atomic E-state index is 12.8. The first-order valence-electron chi connectivity index (χ1n) is 6.45. The van der Waals surface area contributed by atoms with Gasteiger partial charge in [-0.2, -0.15) is 0 Å². The summed E-state index contributed by atoms with van der Waals surface area (Å²) in [4.78, 5) is 11.8. The van der Waals surface area contributed by atoms with Crippen molar-refractivity contribution in [2.24, 2.45) is 0 Å². The first kappa shape index (κ1) is 17.7. The molecular weight excluding hydrogens is 364 g/mol. The number of halogens is 3. The van der Waals surface area contributed by atoms with Crippen molar-refractivity contribution in [3.05, 3.63) is 63.9 Å². The molecule has 0 spiro atoms. The fourth-order valence-corrected chi connectivity index (χ4v) is 3.89. The van der Waals surface area contributed by atoms with Crippen molar-refractivity contribution < 1.29 is 17.6 Å². The van der Waals surface area contributed by atoms with Gasteiger partial charge in [0.25, 0.3) is 0 Å². The van der Waals surface area contributed by atoms with Crippen molar-refractivity contribution >= 4 is 44.6 Å². The van der Waals surface area contributed by atoms with Crippen LogP contribution in [0.1, 0.15) is 5.56 Å². The summed E-state index contributed by atoms with van der Waals surface area (Å²) in [5.41, 5.74) is 0.563. The Hall–Kier alpha value is -1.63. The zero-order valence-electron chi connectivity index (χ0n) is 11.7. The summed E-state index contributed by atoms with van der Waals surface area (Å²) in [6.07, 6.45) is 0. The van der Waals surface area contributed by atoms with Crippen LogP contribution in [0.5, 0.6) is 0 Å². The lowest BCUT2D eigenvalue weighted by atomic mass is 10.2. The molecule has 0 saturated heterocycles. The Bertz CT molecular complexity index is 803. The van der Waals surface area contributed by atoms with Crippen molar-refractivity contribution in [3.8, 4) is 0 Å². The minimum atomic E-state index is -3.76. The Balaban J connectivity index is 2.06. The molecule has 1 N–H and O–H groups in total. The highest BCUT2D eigenvalue weighted by molar-refractivity contribution is 7.91. The summed E-state index contributed by atoms with van der Waals surface area (Å²) in [7, 11) is -3.76. The second-order valence-corrected chi connectivity index (χ2v) is 7.67. The second-order valence-electron chi connectivity index (χ2n) is 4.79. The predicted octanol–water partition coefficient (Wildman–Crippen LogP) is 3.69. The zero-order valence-corrected chi connectivity index (χ0v) is 14.1. The van der Waals surface area contributed by atoms with Crippen LogP contribution in [0.2, 0.25) is 10.0 Å². The standard InChI is InChI=1S/C15H12Cl2FNO3S/c16-13-2-1-3-14(17)12(13)8-23(21,22)9-15(20)19-11-6-4-10(18)5-7-11/h1-7H,8-9H2,(H,19,20). The number of rotatable bonds is 5. The molecule has 0 saturated carbocycles. The summed E-state index contributed by atoms with van der Waals surface area (Å²) in [5, 5.41) is 2.83. The van der Waals surface area contributed by atoms with E-state index in [0.29, 0.717) is 5.69 Å². The summed E-state index contributed by atoms with van der Waals surface area (Å²) in [6, 6.07) is 9.65. The van der Waals surface area contributed by atoms with E-state index in [-0.39, 0.29) is 15.6 Å². The third-order valence-electron chi connectivity index (χ3n) is 2.90. The molecule has 1 amide bonds. The molecule has 0 unspecified atom stereocenters. The van der Waals surface area contributed by atoms with Gasteiger partial charge in [-0.1, -0.05) is 29.3 Å². The zero-order chi connectivity index (χ0) is 17.0. The number of anilines is 1. The minimum absolute atomic E-state index is 0.222. The van der Waals surface area contributed by atoms with Crippen LogP contribution >= 0.6 is 23.2 Å². The summed E-state index contributed by atoms with van der Waals surface area (Å²) in [5.74, 6) is -2.35. The van der Waals surface area contributed by atoms with Gasteiger partial charge < -0.3 is 5.32 Å². The fraction of sp³-hybridized carbons (Fsp3) is 0.133. The van der Waals surface area contributed by atoms with Gasteiger partial charge in [-0.05, 0) is 36.4 Å². The lowest BCUT2D eigenvalue weighted by Crippen LogP contribution is -2.24. The average Bonchev–Trinajstić information content (AvgIpc) is 2.45. The Morgan fingerprint density at radius 1 is 1.04 bits per heavy atom.